The fourth-order valence-corrected chi connectivity index (χ4v) is 0.987. The third-order valence-corrected chi connectivity index (χ3v) is 1.58. The zero-order valence-electron chi connectivity index (χ0n) is 7.10. The Morgan fingerprint density at radius 3 is 1.85 bits per heavy atom. The molecule has 3 heteroatoms. The van der Waals surface area contributed by atoms with E-state index in [0.717, 1.165) is 0 Å². The molecule has 0 N–H and O–H groups in total. The third-order valence-electron chi connectivity index (χ3n) is 1.58. The fourth-order valence-electron chi connectivity index (χ4n) is 0.987. The minimum Gasteiger partial charge on any atom is -0.461 e. The van der Waals surface area contributed by atoms with Crippen LogP contribution in [0.2, 0.25) is 0 Å². The average molecular weight is 178 g/mol. The van der Waals surface area contributed by atoms with Crippen LogP contribution in [0.4, 0.5) is 0 Å². The van der Waals surface area contributed by atoms with Crippen LogP contribution in [0, 0.1) is 0 Å². The molecule has 0 saturated carbocycles. The van der Waals surface area contributed by atoms with Crippen LogP contribution in [0.5, 0.6) is 0 Å². The van der Waals surface area contributed by atoms with Crippen molar-refractivity contribution in [2.24, 2.45) is 0 Å². The fraction of sp³-hybridized carbons (Fsp3) is 0.200. The molecule has 68 valence electrons. The van der Waals surface area contributed by atoms with Crippen molar-refractivity contribution >= 4 is 0 Å². The molecule has 0 bridgehead atoms. The number of rotatable bonds is 2. The predicted octanol–water partition coefficient (Wildman–Crippen LogP) is 1.86. The van der Waals surface area contributed by atoms with Gasteiger partial charge in [-0.25, -0.2) is 0 Å². The molecule has 2 rings (SSSR count). The molecule has 0 amide bonds. The lowest BCUT2D eigenvalue weighted by atomic mass is 10.4. The zero-order valence-corrected chi connectivity index (χ0v) is 7.10. The maximum absolute atomic E-state index is 5.31. The van der Waals surface area contributed by atoms with E-state index in [1.807, 2.05) is 24.3 Å². The van der Waals surface area contributed by atoms with E-state index in [4.69, 9.17) is 14.2 Å². The van der Waals surface area contributed by atoms with Crippen LogP contribution in [0.15, 0.2) is 48.3 Å². The van der Waals surface area contributed by atoms with Crippen molar-refractivity contribution in [2.75, 3.05) is 13.2 Å². The van der Waals surface area contributed by atoms with E-state index in [0.29, 0.717) is 25.1 Å². The Morgan fingerprint density at radius 1 is 0.923 bits per heavy atom. The standard InChI is InChI=1S/C10H10O3/c1-3-7-11-9(5-1)13-10-6-2-4-8-12-10/h1-6H,7-8H2. The molecular formula is C10H10O3. The van der Waals surface area contributed by atoms with E-state index in [9.17, 15) is 0 Å². The normalized spacial score (nSPS) is 19.7. The lowest BCUT2D eigenvalue weighted by Gasteiger charge is -2.15. The Hall–Kier alpha value is -1.64. The van der Waals surface area contributed by atoms with E-state index in [2.05, 4.69) is 0 Å². The first kappa shape index (κ1) is 7.98. The molecule has 0 aromatic carbocycles. The molecule has 0 aliphatic carbocycles. The highest BCUT2D eigenvalue weighted by atomic mass is 16.7. The van der Waals surface area contributed by atoms with Gasteiger partial charge in [0.1, 0.15) is 13.2 Å². The molecule has 2 aliphatic heterocycles. The molecule has 13 heavy (non-hydrogen) atoms. The van der Waals surface area contributed by atoms with Crippen molar-refractivity contribution in [1.29, 1.82) is 0 Å². The van der Waals surface area contributed by atoms with Gasteiger partial charge in [0, 0.05) is 12.2 Å². The molecule has 0 atom stereocenters. The zero-order chi connectivity index (χ0) is 8.93. The van der Waals surface area contributed by atoms with Gasteiger partial charge in [-0.1, -0.05) is 12.2 Å². The van der Waals surface area contributed by atoms with Gasteiger partial charge in [-0.15, -0.1) is 0 Å². The van der Waals surface area contributed by atoms with E-state index in [-0.39, 0.29) is 0 Å². The second kappa shape index (κ2) is 3.85. The van der Waals surface area contributed by atoms with Crippen LogP contribution >= 0.6 is 0 Å². The van der Waals surface area contributed by atoms with Crippen LogP contribution in [-0.4, -0.2) is 13.2 Å². The first-order valence-corrected chi connectivity index (χ1v) is 4.12. The predicted molar refractivity (Wildman–Crippen MR) is 47.4 cm³/mol. The number of hydrogen-bond acceptors (Lipinski definition) is 3. The van der Waals surface area contributed by atoms with Crippen LogP contribution in [0.3, 0.4) is 0 Å². The van der Waals surface area contributed by atoms with Gasteiger partial charge in [0.05, 0.1) is 0 Å². The van der Waals surface area contributed by atoms with E-state index in [1.165, 1.54) is 0 Å². The van der Waals surface area contributed by atoms with E-state index in [1.54, 1.807) is 12.2 Å². The second-order valence-electron chi connectivity index (χ2n) is 2.55. The SMILES string of the molecule is C1=CCOC(OC2=CC=CCO2)=C1. The largest absolute Gasteiger partial charge is 0.461 e. The summed E-state index contributed by atoms with van der Waals surface area (Å²) in [4.78, 5) is 0. The van der Waals surface area contributed by atoms with E-state index >= 15 is 0 Å². The Morgan fingerprint density at radius 2 is 1.46 bits per heavy atom. The molecule has 0 aromatic rings. The molecule has 0 radical (unpaired) electrons. The van der Waals surface area contributed by atoms with Crippen molar-refractivity contribution in [1.82, 2.24) is 0 Å². The Bertz CT molecular complexity index is 267. The smallest absolute Gasteiger partial charge is 0.287 e. The highest BCUT2D eigenvalue weighted by molar-refractivity contribution is 5.12. The minimum absolute atomic E-state index is 0.476. The summed E-state index contributed by atoms with van der Waals surface area (Å²) in [5.74, 6) is 0.952. The molecule has 0 unspecified atom stereocenters. The first-order valence-electron chi connectivity index (χ1n) is 4.12. The van der Waals surface area contributed by atoms with Gasteiger partial charge in [-0.3, -0.25) is 0 Å². The van der Waals surface area contributed by atoms with Crippen LogP contribution in [0.1, 0.15) is 0 Å². The second-order valence-corrected chi connectivity index (χ2v) is 2.55. The van der Waals surface area contributed by atoms with Gasteiger partial charge in [-0.05, 0) is 12.2 Å². The molecule has 3 nitrogen and oxygen atoms in total. The highest BCUT2D eigenvalue weighted by Gasteiger charge is 2.07. The highest BCUT2D eigenvalue weighted by Crippen LogP contribution is 2.14. The van der Waals surface area contributed by atoms with E-state index < -0.39 is 0 Å². The lowest BCUT2D eigenvalue weighted by Crippen LogP contribution is -2.05. The van der Waals surface area contributed by atoms with Crippen molar-refractivity contribution in [3.8, 4) is 0 Å². The maximum atomic E-state index is 5.31. The van der Waals surface area contributed by atoms with Gasteiger partial charge in [-0.2, -0.15) is 0 Å². The van der Waals surface area contributed by atoms with Crippen molar-refractivity contribution in [3.05, 3.63) is 48.3 Å². The van der Waals surface area contributed by atoms with Gasteiger partial charge in [0.2, 0.25) is 0 Å². The molecular weight excluding hydrogens is 168 g/mol. The number of hydrogen-bond donors (Lipinski definition) is 0. The van der Waals surface area contributed by atoms with Crippen LogP contribution < -0.4 is 0 Å². The molecule has 0 spiro atoms. The number of ether oxygens (including phenoxy) is 3. The van der Waals surface area contributed by atoms with Crippen LogP contribution in [0.25, 0.3) is 0 Å². The summed E-state index contributed by atoms with van der Waals surface area (Å²) in [5, 5.41) is 0. The van der Waals surface area contributed by atoms with Crippen LogP contribution in [-0.2, 0) is 14.2 Å². The topological polar surface area (TPSA) is 27.7 Å². The third kappa shape index (κ3) is 2.15. The van der Waals surface area contributed by atoms with Crippen molar-refractivity contribution in [3.63, 3.8) is 0 Å². The molecule has 2 heterocycles. The van der Waals surface area contributed by atoms with Gasteiger partial charge < -0.3 is 14.2 Å². The quantitative estimate of drug-likeness (QED) is 0.646. The Labute approximate surface area is 76.6 Å². The summed E-state index contributed by atoms with van der Waals surface area (Å²) in [6, 6.07) is 0. The summed E-state index contributed by atoms with van der Waals surface area (Å²) in [5.41, 5.74) is 0. The van der Waals surface area contributed by atoms with Crippen molar-refractivity contribution < 1.29 is 14.2 Å². The molecule has 2 aliphatic rings. The first-order chi connectivity index (χ1) is 6.45. The Kier molecular flexibility index (Phi) is 2.36. The monoisotopic (exact) mass is 178 g/mol. The molecule has 0 saturated heterocycles. The molecule has 0 aromatic heterocycles. The minimum atomic E-state index is 0.476. The van der Waals surface area contributed by atoms with Crippen molar-refractivity contribution in [2.45, 2.75) is 0 Å². The summed E-state index contributed by atoms with van der Waals surface area (Å²) in [7, 11) is 0. The average Bonchev–Trinajstić information content (AvgIpc) is 2.21. The maximum Gasteiger partial charge on any atom is 0.287 e. The summed E-state index contributed by atoms with van der Waals surface area (Å²) < 4.78 is 15.7. The van der Waals surface area contributed by atoms with Gasteiger partial charge in [0.25, 0.3) is 11.9 Å². The Balaban J connectivity index is 1.96. The number of allylic oxidation sites excluding steroid dienone is 4. The lowest BCUT2D eigenvalue weighted by molar-refractivity contribution is 0.00540. The summed E-state index contributed by atoms with van der Waals surface area (Å²) >= 11 is 0. The summed E-state index contributed by atoms with van der Waals surface area (Å²) in [6.07, 6.45) is 11.1. The molecule has 0 fully saturated rings. The van der Waals surface area contributed by atoms with Gasteiger partial charge in [0.15, 0.2) is 0 Å². The summed E-state index contributed by atoms with van der Waals surface area (Å²) in [6.45, 7) is 1.10. The van der Waals surface area contributed by atoms with Gasteiger partial charge >= 0.3 is 0 Å².